The number of anilines is 1. The number of hydrogen-bond donors (Lipinski definition) is 2. The summed E-state index contributed by atoms with van der Waals surface area (Å²) >= 11 is 0. The highest BCUT2D eigenvalue weighted by atomic mass is 32.2. The van der Waals surface area contributed by atoms with Gasteiger partial charge in [0.25, 0.3) is 0 Å². The van der Waals surface area contributed by atoms with E-state index in [1.165, 1.54) is 0 Å². The van der Waals surface area contributed by atoms with Crippen LogP contribution in [0.3, 0.4) is 0 Å². The topological polar surface area (TPSA) is 72.2 Å². The zero-order valence-electron chi connectivity index (χ0n) is 9.94. The van der Waals surface area contributed by atoms with Crippen molar-refractivity contribution in [3.8, 4) is 0 Å². The molecule has 2 rings (SSSR count). The number of rotatable bonds is 5. The first kappa shape index (κ1) is 12.4. The molecule has 1 saturated carbocycles. The molecule has 0 heterocycles. The summed E-state index contributed by atoms with van der Waals surface area (Å²) in [4.78, 5) is 0.374. The van der Waals surface area contributed by atoms with Crippen molar-refractivity contribution in [2.75, 3.05) is 17.6 Å². The molecule has 0 spiro atoms. The van der Waals surface area contributed by atoms with Gasteiger partial charge in [-0.25, -0.2) is 8.42 Å². The van der Waals surface area contributed by atoms with Crippen LogP contribution in [-0.4, -0.2) is 26.3 Å². The zero-order valence-corrected chi connectivity index (χ0v) is 10.8. The van der Waals surface area contributed by atoms with Crippen molar-refractivity contribution in [3.05, 3.63) is 24.3 Å². The van der Waals surface area contributed by atoms with Crippen LogP contribution in [0.2, 0.25) is 0 Å². The van der Waals surface area contributed by atoms with Crippen molar-refractivity contribution < 1.29 is 8.42 Å². The van der Waals surface area contributed by atoms with Gasteiger partial charge in [0.15, 0.2) is 9.84 Å². The number of nitrogens with one attached hydrogen (secondary N) is 1. The van der Waals surface area contributed by atoms with Crippen molar-refractivity contribution in [1.82, 2.24) is 0 Å². The molecule has 0 amide bonds. The fourth-order valence-electron chi connectivity index (χ4n) is 1.56. The second-order valence-corrected chi connectivity index (χ2v) is 6.92. The summed E-state index contributed by atoms with van der Waals surface area (Å²) in [7, 11) is -3.10. The standard InChI is InChI=1S/C12H18N2O2S/c1-2-17(15,16)11-5-3-10(4-6-11)14-9-12(13)7-8-12/h3-6,14H,2,7-9,13H2,1H3. The minimum Gasteiger partial charge on any atom is -0.383 e. The second kappa shape index (κ2) is 4.31. The normalized spacial score (nSPS) is 17.8. The van der Waals surface area contributed by atoms with Gasteiger partial charge in [-0.15, -0.1) is 0 Å². The summed E-state index contributed by atoms with van der Waals surface area (Å²) in [6, 6.07) is 6.84. The Morgan fingerprint density at radius 2 is 1.88 bits per heavy atom. The molecule has 4 nitrogen and oxygen atoms in total. The van der Waals surface area contributed by atoms with E-state index in [1.54, 1.807) is 31.2 Å². The molecule has 1 aromatic carbocycles. The highest BCUT2D eigenvalue weighted by Gasteiger charge is 2.37. The molecular formula is C12H18N2O2S. The molecule has 1 fully saturated rings. The molecule has 1 aliphatic carbocycles. The van der Waals surface area contributed by atoms with Crippen LogP contribution in [0, 0.1) is 0 Å². The minimum absolute atomic E-state index is 0.0475. The lowest BCUT2D eigenvalue weighted by atomic mass is 10.2. The molecule has 17 heavy (non-hydrogen) atoms. The van der Waals surface area contributed by atoms with Crippen LogP contribution in [0.5, 0.6) is 0 Å². The van der Waals surface area contributed by atoms with Gasteiger partial charge < -0.3 is 11.1 Å². The van der Waals surface area contributed by atoms with E-state index in [0.29, 0.717) is 4.90 Å². The van der Waals surface area contributed by atoms with Gasteiger partial charge in [0.05, 0.1) is 10.6 Å². The van der Waals surface area contributed by atoms with Gasteiger partial charge in [0.2, 0.25) is 0 Å². The molecule has 0 bridgehead atoms. The Balaban J connectivity index is 2.03. The van der Waals surface area contributed by atoms with Crippen LogP contribution in [-0.2, 0) is 9.84 Å². The maximum Gasteiger partial charge on any atom is 0.178 e. The maximum absolute atomic E-state index is 11.6. The van der Waals surface area contributed by atoms with Crippen molar-refractivity contribution in [2.45, 2.75) is 30.2 Å². The van der Waals surface area contributed by atoms with Gasteiger partial charge in [0.1, 0.15) is 0 Å². The lowest BCUT2D eigenvalue weighted by Crippen LogP contribution is -2.31. The van der Waals surface area contributed by atoms with Gasteiger partial charge in [-0.2, -0.15) is 0 Å². The summed E-state index contributed by atoms with van der Waals surface area (Å²) < 4.78 is 23.2. The monoisotopic (exact) mass is 254 g/mol. The summed E-state index contributed by atoms with van der Waals surface area (Å²) in [6.07, 6.45) is 2.12. The molecule has 1 aromatic rings. The average Bonchev–Trinajstić information content (AvgIpc) is 3.06. The molecule has 0 atom stereocenters. The molecule has 0 unspecified atom stereocenters. The Morgan fingerprint density at radius 3 is 2.35 bits per heavy atom. The maximum atomic E-state index is 11.6. The summed E-state index contributed by atoms with van der Waals surface area (Å²) in [5.41, 5.74) is 6.82. The first-order chi connectivity index (χ1) is 7.95. The fraction of sp³-hybridized carbons (Fsp3) is 0.500. The summed E-state index contributed by atoms with van der Waals surface area (Å²) in [6.45, 7) is 2.39. The Morgan fingerprint density at radius 1 is 1.29 bits per heavy atom. The molecule has 94 valence electrons. The molecular weight excluding hydrogens is 236 g/mol. The second-order valence-electron chi connectivity index (χ2n) is 4.64. The van der Waals surface area contributed by atoms with E-state index in [1.807, 2.05) is 0 Å². The van der Waals surface area contributed by atoms with E-state index < -0.39 is 9.84 Å². The van der Waals surface area contributed by atoms with Crippen molar-refractivity contribution in [2.24, 2.45) is 5.73 Å². The highest BCUT2D eigenvalue weighted by molar-refractivity contribution is 7.91. The van der Waals surface area contributed by atoms with E-state index in [9.17, 15) is 8.42 Å². The van der Waals surface area contributed by atoms with Gasteiger partial charge in [-0.1, -0.05) is 6.92 Å². The largest absolute Gasteiger partial charge is 0.383 e. The quantitative estimate of drug-likeness (QED) is 0.832. The Kier molecular flexibility index (Phi) is 3.14. The SMILES string of the molecule is CCS(=O)(=O)c1ccc(NCC2(N)CC2)cc1. The molecule has 0 saturated heterocycles. The highest BCUT2D eigenvalue weighted by Crippen LogP contribution is 2.32. The number of benzene rings is 1. The van der Waals surface area contributed by atoms with Gasteiger partial charge >= 0.3 is 0 Å². The van der Waals surface area contributed by atoms with Crippen LogP contribution in [0.25, 0.3) is 0 Å². The van der Waals surface area contributed by atoms with Crippen molar-refractivity contribution in [3.63, 3.8) is 0 Å². The van der Waals surface area contributed by atoms with Gasteiger partial charge in [-0.05, 0) is 37.1 Å². The van der Waals surface area contributed by atoms with Gasteiger partial charge in [-0.3, -0.25) is 0 Å². The van der Waals surface area contributed by atoms with E-state index in [0.717, 1.165) is 25.1 Å². The molecule has 3 N–H and O–H groups in total. The van der Waals surface area contributed by atoms with Crippen molar-refractivity contribution in [1.29, 1.82) is 0 Å². The predicted molar refractivity (Wildman–Crippen MR) is 68.8 cm³/mol. The Hall–Kier alpha value is -1.07. The third-order valence-electron chi connectivity index (χ3n) is 3.13. The average molecular weight is 254 g/mol. The van der Waals surface area contributed by atoms with E-state index in [4.69, 9.17) is 5.73 Å². The molecule has 1 aliphatic rings. The zero-order chi connectivity index (χ0) is 12.5. The Bertz CT molecular complexity index is 490. The molecule has 0 aromatic heterocycles. The lowest BCUT2D eigenvalue weighted by molar-refractivity contribution is 0.597. The lowest BCUT2D eigenvalue weighted by Gasteiger charge is -2.11. The number of sulfone groups is 1. The van der Waals surface area contributed by atoms with Gasteiger partial charge in [0, 0.05) is 17.8 Å². The Labute approximate surface area is 102 Å². The molecule has 0 aliphatic heterocycles. The first-order valence-corrected chi connectivity index (χ1v) is 7.46. The van der Waals surface area contributed by atoms with Crippen LogP contribution in [0.4, 0.5) is 5.69 Å². The predicted octanol–water partition coefficient (Wildman–Crippen LogP) is 1.38. The van der Waals surface area contributed by atoms with Crippen LogP contribution in [0.1, 0.15) is 19.8 Å². The summed E-state index contributed by atoms with van der Waals surface area (Å²) in [5.74, 6) is 0.131. The van der Waals surface area contributed by atoms with Crippen LogP contribution >= 0.6 is 0 Å². The molecule has 0 radical (unpaired) electrons. The number of hydrogen-bond acceptors (Lipinski definition) is 4. The molecule has 5 heteroatoms. The smallest absolute Gasteiger partial charge is 0.178 e. The number of nitrogens with two attached hydrogens (primary N) is 1. The third kappa shape index (κ3) is 2.98. The van der Waals surface area contributed by atoms with E-state index in [2.05, 4.69) is 5.32 Å². The van der Waals surface area contributed by atoms with E-state index in [-0.39, 0.29) is 11.3 Å². The van der Waals surface area contributed by atoms with Crippen LogP contribution < -0.4 is 11.1 Å². The summed E-state index contributed by atoms with van der Waals surface area (Å²) in [5, 5.41) is 3.22. The first-order valence-electron chi connectivity index (χ1n) is 5.81. The fourth-order valence-corrected chi connectivity index (χ4v) is 2.45. The van der Waals surface area contributed by atoms with Crippen molar-refractivity contribution >= 4 is 15.5 Å². The third-order valence-corrected chi connectivity index (χ3v) is 4.88. The van der Waals surface area contributed by atoms with E-state index >= 15 is 0 Å². The van der Waals surface area contributed by atoms with Crippen LogP contribution in [0.15, 0.2) is 29.2 Å². The minimum atomic E-state index is -3.10.